The van der Waals surface area contributed by atoms with E-state index in [0.29, 0.717) is 5.82 Å². The normalized spacial score (nSPS) is 11.5. The molecule has 18 heavy (non-hydrogen) atoms. The van der Waals surface area contributed by atoms with E-state index in [-0.39, 0.29) is 6.04 Å². The lowest BCUT2D eigenvalue weighted by Crippen LogP contribution is -2.03. The Morgan fingerprint density at radius 1 is 1.39 bits per heavy atom. The third-order valence-corrected chi connectivity index (χ3v) is 2.85. The maximum Gasteiger partial charge on any atom is 0.159 e. The first kappa shape index (κ1) is 10.8. The molecule has 0 saturated heterocycles. The van der Waals surface area contributed by atoms with Crippen molar-refractivity contribution in [1.82, 2.24) is 24.7 Å². The van der Waals surface area contributed by atoms with Crippen LogP contribution in [-0.4, -0.2) is 24.7 Å². The first-order valence-electron chi connectivity index (χ1n) is 5.80. The summed E-state index contributed by atoms with van der Waals surface area (Å²) in [5, 5.41) is 6.85. The molecule has 0 unspecified atom stereocenters. The van der Waals surface area contributed by atoms with Crippen LogP contribution in [0.15, 0.2) is 24.5 Å². The zero-order valence-corrected chi connectivity index (χ0v) is 10.3. The third-order valence-electron chi connectivity index (χ3n) is 2.85. The molecule has 0 saturated carbocycles. The lowest BCUT2D eigenvalue weighted by atomic mass is 10.3. The highest BCUT2D eigenvalue weighted by atomic mass is 15.2. The fourth-order valence-corrected chi connectivity index (χ4v) is 2.12. The van der Waals surface area contributed by atoms with Crippen LogP contribution in [0.5, 0.6) is 0 Å². The van der Waals surface area contributed by atoms with Gasteiger partial charge in [0.15, 0.2) is 5.82 Å². The number of nitrogen functional groups attached to an aromatic ring is 1. The van der Waals surface area contributed by atoms with Gasteiger partial charge in [0.2, 0.25) is 0 Å². The number of nitrogens with two attached hydrogens (primary N) is 1. The summed E-state index contributed by atoms with van der Waals surface area (Å²) in [5.41, 5.74) is 8.39. The minimum atomic E-state index is 0.289. The number of nitrogens with zero attached hydrogens (tertiary/aromatic N) is 4. The average molecular weight is 242 g/mol. The summed E-state index contributed by atoms with van der Waals surface area (Å²) >= 11 is 0. The predicted octanol–water partition coefficient (Wildman–Crippen LogP) is 1.98. The number of hydrogen-bond acceptors (Lipinski definition) is 4. The van der Waals surface area contributed by atoms with Crippen molar-refractivity contribution >= 4 is 16.9 Å². The lowest BCUT2D eigenvalue weighted by molar-refractivity contribution is 0.623. The van der Waals surface area contributed by atoms with Crippen LogP contribution >= 0.6 is 0 Å². The smallest absolute Gasteiger partial charge is 0.159 e. The molecule has 0 spiro atoms. The molecular weight excluding hydrogens is 228 g/mol. The van der Waals surface area contributed by atoms with Crippen molar-refractivity contribution in [2.75, 3.05) is 5.73 Å². The van der Waals surface area contributed by atoms with Crippen LogP contribution in [-0.2, 0) is 0 Å². The van der Waals surface area contributed by atoms with Crippen molar-refractivity contribution in [2.45, 2.75) is 19.9 Å². The molecule has 0 bridgehead atoms. The van der Waals surface area contributed by atoms with E-state index in [1.807, 2.05) is 6.07 Å². The highest BCUT2D eigenvalue weighted by Crippen LogP contribution is 2.27. The van der Waals surface area contributed by atoms with Gasteiger partial charge >= 0.3 is 0 Å². The molecule has 3 N–H and O–H groups in total. The van der Waals surface area contributed by atoms with E-state index in [0.717, 1.165) is 22.6 Å². The first-order valence-corrected chi connectivity index (χ1v) is 5.80. The molecule has 0 aromatic carbocycles. The van der Waals surface area contributed by atoms with Crippen molar-refractivity contribution in [3.8, 4) is 11.5 Å². The van der Waals surface area contributed by atoms with Gasteiger partial charge in [-0.3, -0.25) is 10.1 Å². The van der Waals surface area contributed by atoms with Crippen LogP contribution in [0, 0.1) is 0 Å². The molecule has 3 aromatic rings. The van der Waals surface area contributed by atoms with E-state index < -0.39 is 0 Å². The number of anilines is 1. The van der Waals surface area contributed by atoms with Crippen LogP contribution < -0.4 is 5.73 Å². The van der Waals surface area contributed by atoms with Gasteiger partial charge in [-0.1, -0.05) is 0 Å². The summed E-state index contributed by atoms with van der Waals surface area (Å²) in [7, 11) is 0. The number of pyridine rings is 1. The minimum absolute atomic E-state index is 0.289. The molecule has 6 heteroatoms. The van der Waals surface area contributed by atoms with Crippen LogP contribution in [0.4, 0.5) is 5.82 Å². The van der Waals surface area contributed by atoms with Gasteiger partial charge in [0.1, 0.15) is 17.0 Å². The second-order valence-electron chi connectivity index (χ2n) is 4.47. The SMILES string of the molecule is CC(C)n1c(-c2cc(N)n[nH]2)nc2cnccc21. The molecule has 0 atom stereocenters. The Labute approximate surface area is 104 Å². The van der Waals surface area contributed by atoms with Gasteiger partial charge in [0.25, 0.3) is 0 Å². The van der Waals surface area contributed by atoms with E-state index in [9.17, 15) is 0 Å². The van der Waals surface area contributed by atoms with E-state index in [1.165, 1.54) is 0 Å². The average Bonchev–Trinajstić information content (AvgIpc) is 2.91. The van der Waals surface area contributed by atoms with Crippen molar-refractivity contribution in [2.24, 2.45) is 0 Å². The molecule has 0 radical (unpaired) electrons. The molecule has 3 rings (SSSR count). The fourth-order valence-electron chi connectivity index (χ4n) is 2.12. The zero-order chi connectivity index (χ0) is 12.7. The molecular formula is C12H14N6. The molecule has 0 aliphatic carbocycles. The van der Waals surface area contributed by atoms with Gasteiger partial charge < -0.3 is 10.3 Å². The van der Waals surface area contributed by atoms with Gasteiger partial charge in [-0.2, -0.15) is 5.10 Å². The molecule has 3 aromatic heterocycles. The van der Waals surface area contributed by atoms with Crippen LogP contribution in [0.2, 0.25) is 0 Å². The van der Waals surface area contributed by atoms with Crippen molar-refractivity contribution in [3.05, 3.63) is 24.5 Å². The van der Waals surface area contributed by atoms with Crippen LogP contribution in [0.25, 0.3) is 22.6 Å². The Bertz CT molecular complexity index is 693. The Morgan fingerprint density at radius 2 is 2.22 bits per heavy atom. The standard InChI is InChI=1S/C12H14N6/c1-7(2)18-10-3-4-14-6-9(10)15-12(18)8-5-11(13)17-16-8/h3-7H,1-2H3,(H3,13,16,17). The number of hydrogen-bond donors (Lipinski definition) is 2. The number of imidazole rings is 1. The van der Waals surface area contributed by atoms with Gasteiger partial charge in [-0.15, -0.1) is 0 Å². The maximum absolute atomic E-state index is 5.64. The number of aromatic amines is 1. The number of rotatable bonds is 2. The van der Waals surface area contributed by atoms with Gasteiger partial charge in [-0.05, 0) is 19.9 Å². The maximum atomic E-state index is 5.64. The number of aromatic nitrogens is 5. The molecule has 0 amide bonds. The second-order valence-corrected chi connectivity index (χ2v) is 4.47. The van der Waals surface area contributed by atoms with E-state index in [2.05, 4.69) is 38.6 Å². The van der Waals surface area contributed by atoms with E-state index >= 15 is 0 Å². The highest BCUT2D eigenvalue weighted by molar-refractivity contribution is 5.79. The van der Waals surface area contributed by atoms with Gasteiger partial charge in [0, 0.05) is 18.3 Å². The molecule has 6 nitrogen and oxygen atoms in total. The van der Waals surface area contributed by atoms with Crippen LogP contribution in [0.3, 0.4) is 0 Å². The number of fused-ring (bicyclic) bond motifs is 1. The fraction of sp³-hybridized carbons (Fsp3) is 0.250. The van der Waals surface area contributed by atoms with E-state index in [1.54, 1.807) is 18.5 Å². The Balaban J connectivity index is 2.31. The number of H-pyrrole nitrogens is 1. The van der Waals surface area contributed by atoms with Crippen molar-refractivity contribution in [3.63, 3.8) is 0 Å². The zero-order valence-electron chi connectivity index (χ0n) is 10.3. The Hall–Kier alpha value is -2.37. The Kier molecular flexibility index (Phi) is 2.29. The highest BCUT2D eigenvalue weighted by Gasteiger charge is 2.16. The summed E-state index contributed by atoms with van der Waals surface area (Å²) in [6.07, 6.45) is 3.53. The third kappa shape index (κ3) is 1.54. The summed E-state index contributed by atoms with van der Waals surface area (Å²) in [4.78, 5) is 8.69. The summed E-state index contributed by atoms with van der Waals surface area (Å²) in [5.74, 6) is 1.29. The topological polar surface area (TPSA) is 85.4 Å². The predicted molar refractivity (Wildman–Crippen MR) is 69.9 cm³/mol. The monoisotopic (exact) mass is 242 g/mol. The largest absolute Gasteiger partial charge is 0.382 e. The molecule has 92 valence electrons. The summed E-state index contributed by atoms with van der Waals surface area (Å²) < 4.78 is 2.14. The quantitative estimate of drug-likeness (QED) is 0.719. The lowest BCUT2D eigenvalue weighted by Gasteiger charge is -2.11. The van der Waals surface area contributed by atoms with Gasteiger partial charge in [-0.25, -0.2) is 4.98 Å². The summed E-state index contributed by atoms with van der Waals surface area (Å²) in [6.45, 7) is 4.23. The van der Waals surface area contributed by atoms with Gasteiger partial charge in [0.05, 0.1) is 11.7 Å². The summed E-state index contributed by atoms with van der Waals surface area (Å²) in [6, 6.07) is 4.04. The molecule has 3 heterocycles. The first-order chi connectivity index (χ1) is 8.66. The van der Waals surface area contributed by atoms with E-state index in [4.69, 9.17) is 5.73 Å². The minimum Gasteiger partial charge on any atom is -0.382 e. The number of nitrogens with one attached hydrogen (secondary N) is 1. The Morgan fingerprint density at radius 3 is 2.89 bits per heavy atom. The van der Waals surface area contributed by atoms with Crippen molar-refractivity contribution < 1.29 is 0 Å². The molecule has 0 aliphatic rings. The molecule has 0 fully saturated rings. The molecule has 0 aliphatic heterocycles. The van der Waals surface area contributed by atoms with Crippen molar-refractivity contribution in [1.29, 1.82) is 0 Å². The van der Waals surface area contributed by atoms with Crippen LogP contribution in [0.1, 0.15) is 19.9 Å². The second kappa shape index (κ2) is 3.83.